The van der Waals surface area contributed by atoms with Crippen LogP contribution in [0.2, 0.25) is 0 Å². The van der Waals surface area contributed by atoms with Crippen LogP contribution in [0.4, 0.5) is 0 Å². The van der Waals surface area contributed by atoms with Gasteiger partial charge < -0.3 is 19.1 Å². The second kappa shape index (κ2) is 6.46. The number of carboxylic acids is 1. The van der Waals surface area contributed by atoms with Crippen LogP contribution in [0.25, 0.3) is 11.0 Å². The average Bonchev–Trinajstić information content (AvgIpc) is 2.97. The highest BCUT2D eigenvalue weighted by Crippen LogP contribution is 2.41. The number of methoxy groups -OCH3 is 1. The monoisotopic (exact) mass is 352 g/mol. The summed E-state index contributed by atoms with van der Waals surface area (Å²) in [6.07, 6.45) is 1.27. The Morgan fingerprint density at radius 2 is 2.15 bits per heavy atom. The van der Waals surface area contributed by atoms with Gasteiger partial charge in [0.15, 0.2) is 5.75 Å². The molecule has 26 heavy (non-hydrogen) atoms. The van der Waals surface area contributed by atoms with Gasteiger partial charge in [-0.1, -0.05) is 30.3 Å². The van der Waals surface area contributed by atoms with Crippen molar-refractivity contribution in [3.05, 3.63) is 58.9 Å². The van der Waals surface area contributed by atoms with Crippen molar-refractivity contribution >= 4 is 17.0 Å². The lowest BCUT2D eigenvalue weighted by atomic mass is 9.93. The maximum atomic E-state index is 11.8. The molecular formula is C20H20N2O4. The molecule has 0 radical (unpaired) electrons. The number of aromatic nitrogens is 2. The minimum Gasteiger partial charge on any atom is -0.483 e. The highest BCUT2D eigenvalue weighted by Gasteiger charge is 2.29. The van der Waals surface area contributed by atoms with Gasteiger partial charge in [-0.3, -0.25) is 0 Å². The highest BCUT2D eigenvalue weighted by molar-refractivity contribution is 5.98. The standard InChI is InChI=1S/C20H20N2O4/c1-12-21-18-16(22(12)11-25-2)10-15(20(23)24)14-8-9-17(26-19(14)18)13-6-4-3-5-7-13/h3-7,10,17H,8-9,11H2,1-2H3,(H,23,24). The highest BCUT2D eigenvalue weighted by atomic mass is 16.5. The van der Waals surface area contributed by atoms with Crippen LogP contribution in [0, 0.1) is 6.92 Å². The van der Waals surface area contributed by atoms with E-state index in [9.17, 15) is 9.90 Å². The molecule has 3 aromatic rings. The van der Waals surface area contributed by atoms with Crippen molar-refractivity contribution in [2.45, 2.75) is 32.6 Å². The summed E-state index contributed by atoms with van der Waals surface area (Å²) in [5.74, 6) is 0.391. The molecule has 0 bridgehead atoms. The van der Waals surface area contributed by atoms with Gasteiger partial charge >= 0.3 is 5.97 Å². The van der Waals surface area contributed by atoms with Crippen LogP contribution < -0.4 is 4.74 Å². The Morgan fingerprint density at radius 3 is 2.85 bits per heavy atom. The Morgan fingerprint density at radius 1 is 1.38 bits per heavy atom. The summed E-state index contributed by atoms with van der Waals surface area (Å²) in [6.45, 7) is 2.19. The zero-order chi connectivity index (χ0) is 18.3. The van der Waals surface area contributed by atoms with E-state index in [2.05, 4.69) is 4.98 Å². The van der Waals surface area contributed by atoms with Gasteiger partial charge in [-0.05, 0) is 31.4 Å². The Balaban J connectivity index is 1.90. The number of rotatable bonds is 4. The number of benzene rings is 2. The van der Waals surface area contributed by atoms with E-state index in [-0.39, 0.29) is 11.7 Å². The molecular weight excluding hydrogens is 332 g/mol. The van der Waals surface area contributed by atoms with Crippen LogP contribution in [-0.4, -0.2) is 27.7 Å². The minimum absolute atomic E-state index is 0.108. The molecule has 2 heterocycles. The molecule has 6 nitrogen and oxygen atoms in total. The fourth-order valence-corrected chi connectivity index (χ4v) is 3.62. The fraction of sp³-hybridized carbons (Fsp3) is 0.300. The topological polar surface area (TPSA) is 73.6 Å². The lowest BCUT2D eigenvalue weighted by Crippen LogP contribution is -2.18. The first-order valence-corrected chi connectivity index (χ1v) is 8.56. The van der Waals surface area contributed by atoms with Crippen LogP contribution >= 0.6 is 0 Å². The van der Waals surface area contributed by atoms with Gasteiger partial charge in [0.05, 0.1) is 11.1 Å². The van der Waals surface area contributed by atoms with Gasteiger partial charge in [0.2, 0.25) is 0 Å². The number of aryl methyl sites for hydroxylation is 1. The normalized spacial score (nSPS) is 16.3. The Kier molecular flexibility index (Phi) is 4.12. The summed E-state index contributed by atoms with van der Waals surface area (Å²) in [6, 6.07) is 11.7. The maximum absolute atomic E-state index is 11.8. The fourth-order valence-electron chi connectivity index (χ4n) is 3.62. The first-order valence-electron chi connectivity index (χ1n) is 8.56. The average molecular weight is 352 g/mol. The van der Waals surface area contributed by atoms with Gasteiger partial charge in [0.25, 0.3) is 0 Å². The largest absolute Gasteiger partial charge is 0.483 e. The van der Waals surface area contributed by atoms with Crippen molar-refractivity contribution in [1.82, 2.24) is 9.55 Å². The predicted molar refractivity (Wildman–Crippen MR) is 96.6 cm³/mol. The third-order valence-corrected chi connectivity index (χ3v) is 4.87. The summed E-state index contributed by atoms with van der Waals surface area (Å²) >= 11 is 0. The summed E-state index contributed by atoms with van der Waals surface area (Å²) in [5, 5.41) is 9.69. The Bertz CT molecular complexity index is 979. The molecule has 1 unspecified atom stereocenters. The van der Waals surface area contributed by atoms with E-state index in [0.717, 1.165) is 23.4 Å². The molecule has 0 saturated heterocycles. The molecule has 134 valence electrons. The van der Waals surface area contributed by atoms with Crippen LogP contribution in [0.5, 0.6) is 5.75 Å². The number of imidazole rings is 1. The van der Waals surface area contributed by atoms with Gasteiger partial charge in [-0.15, -0.1) is 0 Å². The molecule has 0 aliphatic carbocycles. The van der Waals surface area contributed by atoms with Crippen LogP contribution in [0.15, 0.2) is 36.4 Å². The van der Waals surface area contributed by atoms with Crippen molar-refractivity contribution in [2.75, 3.05) is 7.11 Å². The molecule has 0 amide bonds. The molecule has 1 aromatic heterocycles. The summed E-state index contributed by atoms with van der Waals surface area (Å²) in [4.78, 5) is 16.5. The molecule has 1 N–H and O–H groups in total. The number of hydrogen-bond acceptors (Lipinski definition) is 4. The van der Waals surface area contributed by atoms with Crippen molar-refractivity contribution in [3.63, 3.8) is 0 Å². The van der Waals surface area contributed by atoms with Gasteiger partial charge in [0, 0.05) is 12.7 Å². The quantitative estimate of drug-likeness (QED) is 0.775. The number of hydrogen-bond donors (Lipinski definition) is 1. The molecule has 4 rings (SSSR count). The van der Waals surface area contributed by atoms with E-state index >= 15 is 0 Å². The predicted octanol–water partition coefficient (Wildman–Crippen LogP) is 3.71. The number of carbonyl (C=O) groups is 1. The van der Waals surface area contributed by atoms with Crippen LogP contribution in [0.1, 0.15) is 39.8 Å². The minimum atomic E-state index is -0.951. The Hall–Kier alpha value is -2.86. The zero-order valence-electron chi connectivity index (χ0n) is 14.7. The van der Waals surface area contributed by atoms with E-state index in [0.29, 0.717) is 29.9 Å². The van der Waals surface area contributed by atoms with Gasteiger partial charge in [-0.25, -0.2) is 9.78 Å². The molecule has 1 atom stereocenters. The van der Waals surface area contributed by atoms with Crippen molar-refractivity contribution in [1.29, 1.82) is 0 Å². The van der Waals surface area contributed by atoms with E-state index in [1.165, 1.54) is 0 Å². The number of fused-ring (bicyclic) bond motifs is 3. The summed E-state index contributed by atoms with van der Waals surface area (Å²) in [7, 11) is 1.60. The number of ether oxygens (including phenoxy) is 2. The van der Waals surface area contributed by atoms with E-state index in [1.54, 1.807) is 13.2 Å². The molecule has 0 fully saturated rings. The summed E-state index contributed by atoms with van der Waals surface area (Å²) in [5.41, 5.74) is 3.49. The number of aromatic carboxylic acids is 1. The molecule has 1 aliphatic rings. The van der Waals surface area contributed by atoms with Crippen molar-refractivity contribution < 1.29 is 19.4 Å². The lowest BCUT2D eigenvalue weighted by Gasteiger charge is -2.27. The number of carboxylic acid groups (broad SMARTS) is 1. The lowest BCUT2D eigenvalue weighted by molar-refractivity contribution is 0.0692. The molecule has 0 saturated carbocycles. The molecule has 0 spiro atoms. The first-order chi connectivity index (χ1) is 12.6. The zero-order valence-corrected chi connectivity index (χ0v) is 14.7. The van der Waals surface area contributed by atoms with Gasteiger partial charge in [-0.2, -0.15) is 0 Å². The van der Waals surface area contributed by atoms with Gasteiger partial charge in [0.1, 0.15) is 24.2 Å². The maximum Gasteiger partial charge on any atom is 0.336 e. The third-order valence-electron chi connectivity index (χ3n) is 4.87. The molecule has 1 aliphatic heterocycles. The smallest absolute Gasteiger partial charge is 0.336 e. The van der Waals surface area contributed by atoms with Crippen LogP contribution in [0.3, 0.4) is 0 Å². The molecule has 6 heteroatoms. The second-order valence-electron chi connectivity index (χ2n) is 6.47. The van der Waals surface area contributed by atoms with Crippen molar-refractivity contribution in [3.8, 4) is 5.75 Å². The first kappa shape index (κ1) is 16.6. The van der Waals surface area contributed by atoms with Crippen LogP contribution in [-0.2, 0) is 17.9 Å². The summed E-state index contributed by atoms with van der Waals surface area (Å²) < 4.78 is 13.4. The van der Waals surface area contributed by atoms with Crippen molar-refractivity contribution in [2.24, 2.45) is 0 Å². The molecule has 2 aromatic carbocycles. The van der Waals surface area contributed by atoms with E-state index in [4.69, 9.17) is 9.47 Å². The van der Waals surface area contributed by atoms with E-state index < -0.39 is 5.97 Å². The third kappa shape index (κ3) is 2.63. The number of nitrogens with zero attached hydrogens (tertiary/aromatic N) is 2. The Labute approximate surface area is 151 Å². The van der Waals surface area contributed by atoms with E-state index in [1.807, 2.05) is 41.8 Å². The SMILES string of the molecule is COCn1c(C)nc2c3c(c(C(=O)O)cc21)CCC(c1ccccc1)O3. The second-order valence-corrected chi connectivity index (χ2v) is 6.47.